The molecule has 1 aliphatic carbocycles. The van der Waals surface area contributed by atoms with Crippen molar-refractivity contribution in [1.82, 2.24) is 9.66 Å². The molecule has 1 fully saturated rings. The number of para-hydroxylation sites is 1. The number of fused-ring (bicyclic) bond motifs is 1. The zero-order valence-corrected chi connectivity index (χ0v) is 10.1. The standard InChI is InChI=1S/C11H10BrN3O/c12-8-3-1-2-7-9(8)14-10(6-4-5-6)15(13)11(7)16/h1-3,6H,4-5,13H2. The summed E-state index contributed by atoms with van der Waals surface area (Å²) < 4.78 is 2.02. The molecule has 0 aliphatic heterocycles. The molecule has 0 unspecified atom stereocenters. The third-order valence-electron chi connectivity index (χ3n) is 2.85. The number of hydrogen-bond acceptors (Lipinski definition) is 3. The first-order valence-corrected chi connectivity index (χ1v) is 5.94. The highest BCUT2D eigenvalue weighted by atomic mass is 79.9. The number of rotatable bonds is 1. The lowest BCUT2D eigenvalue weighted by atomic mass is 10.2. The van der Waals surface area contributed by atoms with Crippen LogP contribution in [0.2, 0.25) is 0 Å². The van der Waals surface area contributed by atoms with Gasteiger partial charge in [-0.15, -0.1) is 0 Å². The first kappa shape index (κ1) is 9.84. The molecule has 3 rings (SSSR count). The van der Waals surface area contributed by atoms with E-state index < -0.39 is 0 Å². The lowest BCUT2D eigenvalue weighted by Crippen LogP contribution is -2.31. The molecule has 0 saturated heterocycles. The van der Waals surface area contributed by atoms with Crippen molar-refractivity contribution in [2.75, 3.05) is 5.84 Å². The molecule has 16 heavy (non-hydrogen) atoms. The predicted octanol–water partition coefficient (Wildman–Crippen LogP) is 1.75. The van der Waals surface area contributed by atoms with Crippen LogP contribution in [0.4, 0.5) is 0 Å². The highest BCUT2D eigenvalue weighted by Crippen LogP contribution is 2.38. The van der Waals surface area contributed by atoms with E-state index in [1.54, 1.807) is 6.07 Å². The highest BCUT2D eigenvalue weighted by molar-refractivity contribution is 9.10. The largest absolute Gasteiger partial charge is 0.335 e. The molecule has 2 aromatic rings. The van der Waals surface area contributed by atoms with Crippen LogP contribution in [0.25, 0.3) is 10.9 Å². The normalized spacial score (nSPS) is 15.6. The molecule has 4 nitrogen and oxygen atoms in total. The van der Waals surface area contributed by atoms with Crippen LogP contribution in [-0.4, -0.2) is 9.66 Å². The van der Waals surface area contributed by atoms with Gasteiger partial charge in [0, 0.05) is 10.4 Å². The number of aromatic nitrogens is 2. The van der Waals surface area contributed by atoms with Gasteiger partial charge < -0.3 is 5.84 Å². The fraction of sp³-hybridized carbons (Fsp3) is 0.273. The van der Waals surface area contributed by atoms with Crippen molar-refractivity contribution in [3.05, 3.63) is 38.9 Å². The van der Waals surface area contributed by atoms with Crippen molar-refractivity contribution in [3.63, 3.8) is 0 Å². The van der Waals surface area contributed by atoms with Crippen LogP contribution < -0.4 is 11.4 Å². The number of halogens is 1. The summed E-state index contributed by atoms with van der Waals surface area (Å²) >= 11 is 3.41. The summed E-state index contributed by atoms with van der Waals surface area (Å²) in [6.45, 7) is 0. The zero-order chi connectivity index (χ0) is 11.3. The van der Waals surface area contributed by atoms with Gasteiger partial charge in [0.1, 0.15) is 5.82 Å². The van der Waals surface area contributed by atoms with Gasteiger partial charge in [0.15, 0.2) is 0 Å². The summed E-state index contributed by atoms with van der Waals surface area (Å²) in [5.41, 5.74) is 0.532. The third kappa shape index (κ3) is 1.35. The molecule has 1 aliphatic rings. The SMILES string of the molecule is Nn1c(C2CC2)nc2c(Br)cccc2c1=O. The summed E-state index contributed by atoms with van der Waals surface area (Å²) in [6, 6.07) is 5.44. The molecule has 0 bridgehead atoms. The summed E-state index contributed by atoms with van der Waals surface area (Å²) in [5, 5.41) is 0.557. The third-order valence-corrected chi connectivity index (χ3v) is 3.49. The average Bonchev–Trinajstić information content (AvgIpc) is 3.08. The van der Waals surface area contributed by atoms with E-state index in [0.717, 1.165) is 17.3 Å². The highest BCUT2D eigenvalue weighted by Gasteiger charge is 2.29. The van der Waals surface area contributed by atoms with E-state index in [2.05, 4.69) is 20.9 Å². The first-order chi connectivity index (χ1) is 7.68. The monoisotopic (exact) mass is 279 g/mol. The van der Waals surface area contributed by atoms with Crippen molar-refractivity contribution in [2.45, 2.75) is 18.8 Å². The van der Waals surface area contributed by atoms with E-state index in [1.165, 1.54) is 4.68 Å². The van der Waals surface area contributed by atoms with Gasteiger partial charge in [-0.05, 0) is 40.9 Å². The van der Waals surface area contributed by atoms with E-state index in [4.69, 9.17) is 5.84 Å². The van der Waals surface area contributed by atoms with Crippen LogP contribution in [0.1, 0.15) is 24.6 Å². The Bertz CT molecular complexity index is 631. The Morgan fingerprint density at radius 3 is 2.88 bits per heavy atom. The lowest BCUT2D eigenvalue weighted by Gasteiger charge is -2.08. The van der Waals surface area contributed by atoms with Crippen molar-refractivity contribution in [3.8, 4) is 0 Å². The van der Waals surface area contributed by atoms with Gasteiger partial charge >= 0.3 is 0 Å². The van der Waals surface area contributed by atoms with Gasteiger partial charge in [0.05, 0.1) is 10.9 Å². The fourth-order valence-electron chi connectivity index (χ4n) is 1.83. The van der Waals surface area contributed by atoms with Crippen LogP contribution in [0.15, 0.2) is 27.5 Å². The van der Waals surface area contributed by atoms with E-state index in [0.29, 0.717) is 22.6 Å². The summed E-state index contributed by atoms with van der Waals surface area (Å²) in [7, 11) is 0. The Morgan fingerprint density at radius 2 is 2.19 bits per heavy atom. The van der Waals surface area contributed by atoms with Gasteiger partial charge in [-0.25, -0.2) is 9.66 Å². The van der Waals surface area contributed by atoms with Crippen LogP contribution in [0.3, 0.4) is 0 Å². The minimum atomic E-state index is -0.173. The maximum atomic E-state index is 12.0. The van der Waals surface area contributed by atoms with Gasteiger partial charge in [-0.1, -0.05) is 6.07 Å². The van der Waals surface area contributed by atoms with Gasteiger partial charge in [-0.3, -0.25) is 4.79 Å². The van der Waals surface area contributed by atoms with Crippen molar-refractivity contribution in [2.24, 2.45) is 0 Å². The first-order valence-electron chi connectivity index (χ1n) is 5.14. The number of benzene rings is 1. The second-order valence-electron chi connectivity index (χ2n) is 4.06. The zero-order valence-electron chi connectivity index (χ0n) is 8.48. The molecule has 1 aromatic heterocycles. The molecule has 0 radical (unpaired) electrons. The van der Waals surface area contributed by atoms with E-state index in [1.807, 2.05) is 12.1 Å². The molecule has 1 heterocycles. The number of nitrogens with zero attached hydrogens (tertiary/aromatic N) is 2. The molecular formula is C11H10BrN3O. The van der Waals surface area contributed by atoms with E-state index in [9.17, 15) is 4.79 Å². The Hall–Kier alpha value is -1.36. The minimum Gasteiger partial charge on any atom is -0.335 e. The molecule has 0 amide bonds. The molecule has 0 atom stereocenters. The quantitative estimate of drug-likeness (QED) is 0.809. The Kier molecular flexibility index (Phi) is 2.04. The molecular weight excluding hydrogens is 270 g/mol. The lowest BCUT2D eigenvalue weighted by molar-refractivity contribution is 0.791. The second kappa shape index (κ2) is 3.31. The average molecular weight is 280 g/mol. The maximum Gasteiger partial charge on any atom is 0.279 e. The molecule has 0 spiro atoms. The molecule has 2 N–H and O–H groups in total. The molecule has 1 saturated carbocycles. The van der Waals surface area contributed by atoms with Gasteiger partial charge in [-0.2, -0.15) is 0 Å². The van der Waals surface area contributed by atoms with E-state index in [-0.39, 0.29) is 5.56 Å². The summed E-state index contributed by atoms with van der Waals surface area (Å²) in [5.74, 6) is 6.82. The van der Waals surface area contributed by atoms with Crippen LogP contribution in [0, 0.1) is 0 Å². The maximum absolute atomic E-state index is 12.0. The number of hydrogen-bond donors (Lipinski definition) is 1. The molecule has 1 aromatic carbocycles. The smallest absolute Gasteiger partial charge is 0.279 e. The van der Waals surface area contributed by atoms with Crippen LogP contribution in [-0.2, 0) is 0 Å². The molecule has 5 heteroatoms. The Morgan fingerprint density at radius 1 is 1.44 bits per heavy atom. The topological polar surface area (TPSA) is 60.9 Å². The van der Waals surface area contributed by atoms with Crippen molar-refractivity contribution >= 4 is 26.8 Å². The predicted molar refractivity (Wildman–Crippen MR) is 65.8 cm³/mol. The number of nitrogens with two attached hydrogens (primary N) is 1. The second-order valence-corrected chi connectivity index (χ2v) is 4.91. The summed E-state index contributed by atoms with van der Waals surface area (Å²) in [6.07, 6.45) is 2.14. The van der Waals surface area contributed by atoms with Crippen LogP contribution in [0.5, 0.6) is 0 Å². The van der Waals surface area contributed by atoms with Gasteiger partial charge in [0.2, 0.25) is 0 Å². The van der Waals surface area contributed by atoms with Crippen LogP contribution >= 0.6 is 15.9 Å². The van der Waals surface area contributed by atoms with E-state index >= 15 is 0 Å². The Labute approximate surface area is 100 Å². The Balaban J connectivity index is 2.43. The van der Waals surface area contributed by atoms with Gasteiger partial charge in [0.25, 0.3) is 5.56 Å². The van der Waals surface area contributed by atoms with Crippen molar-refractivity contribution < 1.29 is 0 Å². The minimum absolute atomic E-state index is 0.173. The molecule has 82 valence electrons. The number of nitrogen functional groups attached to an aromatic ring is 1. The van der Waals surface area contributed by atoms with Crippen molar-refractivity contribution in [1.29, 1.82) is 0 Å². The fourth-order valence-corrected chi connectivity index (χ4v) is 2.29. The summed E-state index contributed by atoms with van der Waals surface area (Å²) in [4.78, 5) is 16.5.